The van der Waals surface area contributed by atoms with E-state index in [1.807, 2.05) is 20.9 Å². The number of hydrogen-bond acceptors (Lipinski definition) is 7. The fraction of sp³-hybridized carbons (Fsp3) is 0.545. The molecule has 9 nitrogen and oxygen atoms in total. The van der Waals surface area contributed by atoms with Crippen LogP contribution in [0.4, 0.5) is 0 Å². The number of carbonyl (C=O) groups excluding carboxylic acids is 4. The standard InChI is InChI=1S/C22H28BCl2N3O6/c1-12(2)6-13(7-15(29)9-27-20(30)16-8-14(24)4-5-17(16)25)23-28(3)18(21(31)33-23)10-26-11-19(28)22(32)34-23/h4-5,8,12-13,18-19,26H,6-7,9-11H2,1-3H3,(H,27,30)/t13-,18-,19-,23?,28?/m1/s1. The molecule has 3 aliphatic rings. The van der Waals surface area contributed by atoms with Gasteiger partial charge in [-0.2, -0.15) is 0 Å². The number of benzene rings is 1. The van der Waals surface area contributed by atoms with Gasteiger partial charge in [-0.1, -0.05) is 43.5 Å². The van der Waals surface area contributed by atoms with Crippen LogP contribution in [0, 0.1) is 5.92 Å². The molecule has 3 fully saturated rings. The van der Waals surface area contributed by atoms with E-state index in [9.17, 15) is 19.2 Å². The summed E-state index contributed by atoms with van der Waals surface area (Å²) in [7, 11) is 1.83. The van der Waals surface area contributed by atoms with E-state index in [2.05, 4.69) is 10.6 Å². The lowest BCUT2D eigenvalue weighted by Crippen LogP contribution is -2.74. The molecule has 0 unspecified atom stereocenters. The van der Waals surface area contributed by atoms with Gasteiger partial charge in [-0.3, -0.25) is 9.59 Å². The van der Waals surface area contributed by atoms with Gasteiger partial charge in [-0.25, -0.2) is 9.59 Å². The largest absolute Gasteiger partial charge is 0.600 e. The van der Waals surface area contributed by atoms with E-state index < -0.39 is 42.4 Å². The van der Waals surface area contributed by atoms with E-state index >= 15 is 0 Å². The first kappa shape index (κ1) is 25.0. The van der Waals surface area contributed by atoms with Crippen LogP contribution in [0.3, 0.4) is 0 Å². The molecular formula is C22H28BCl2N3O6. The summed E-state index contributed by atoms with van der Waals surface area (Å²) in [5, 5.41) is 6.28. The van der Waals surface area contributed by atoms with Crippen molar-refractivity contribution in [3.05, 3.63) is 33.8 Å². The molecule has 3 aliphatic heterocycles. The highest BCUT2D eigenvalue weighted by molar-refractivity contribution is 6.68. The third kappa shape index (κ3) is 4.00. The van der Waals surface area contributed by atoms with Crippen molar-refractivity contribution >= 4 is 53.5 Å². The van der Waals surface area contributed by atoms with Crippen molar-refractivity contribution in [3.8, 4) is 0 Å². The van der Waals surface area contributed by atoms with Gasteiger partial charge < -0.3 is 24.3 Å². The Bertz CT molecular complexity index is 1030. The summed E-state index contributed by atoms with van der Waals surface area (Å²) < 4.78 is 11.8. The third-order valence-corrected chi connectivity index (χ3v) is 7.95. The van der Waals surface area contributed by atoms with E-state index in [1.165, 1.54) is 12.1 Å². The molecule has 1 aromatic carbocycles. The molecule has 3 atom stereocenters. The Kier molecular flexibility index (Phi) is 6.72. The van der Waals surface area contributed by atoms with Gasteiger partial charge in [0.1, 0.15) is 5.78 Å². The number of halogens is 2. The summed E-state index contributed by atoms with van der Waals surface area (Å²) in [4.78, 5) is 51.2. The minimum Gasteiger partial charge on any atom is -0.600 e. The summed E-state index contributed by atoms with van der Waals surface area (Å²) in [6.45, 7) is 2.06. The number of hydrogen-bond donors (Lipinski definition) is 2. The second-order valence-electron chi connectivity index (χ2n) is 9.95. The first-order chi connectivity index (χ1) is 16.0. The lowest BCUT2D eigenvalue weighted by atomic mass is 9.51. The zero-order valence-corrected chi connectivity index (χ0v) is 20.8. The van der Waals surface area contributed by atoms with Crippen LogP contribution in [0.5, 0.6) is 0 Å². The van der Waals surface area contributed by atoms with Crippen LogP contribution in [-0.4, -0.2) is 73.5 Å². The smallest absolute Gasteiger partial charge is 0.587 e. The Labute approximate surface area is 208 Å². The molecule has 184 valence electrons. The van der Waals surface area contributed by atoms with Crippen LogP contribution in [0.25, 0.3) is 0 Å². The fourth-order valence-corrected chi connectivity index (χ4v) is 6.17. The summed E-state index contributed by atoms with van der Waals surface area (Å²) in [6.07, 6.45) is 0.504. The number of rotatable bonds is 8. The maximum absolute atomic E-state index is 13.0. The summed E-state index contributed by atoms with van der Waals surface area (Å²) in [6, 6.07) is 3.36. The molecule has 0 radical (unpaired) electrons. The highest BCUT2D eigenvalue weighted by Crippen LogP contribution is 2.51. The normalized spacial score (nSPS) is 30.5. The Hall–Kier alpha value is -2.14. The SMILES string of the molecule is CC(C)C[C@H](CC(=O)CNC(=O)c1cc(Cl)ccc1Cl)[B-]12OC(=O)[C@H]3CNC[C@H](C(=O)O1)[N+]32C. The van der Waals surface area contributed by atoms with Crippen LogP contribution < -0.4 is 10.6 Å². The van der Waals surface area contributed by atoms with E-state index in [4.69, 9.17) is 32.5 Å². The first-order valence-electron chi connectivity index (χ1n) is 11.4. The van der Waals surface area contributed by atoms with Crippen molar-refractivity contribution in [2.75, 3.05) is 26.7 Å². The van der Waals surface area contributed by atoms with Crippen LogP contribution in [0.2, 0.25) is 15.9 Å². The number of quaternary nitrogens is 1. The number of piperazine rings is 1. The molecule has 2 N–H and O–H groups in total. The molecule has 0 aromatic heterocycles. The van der Waals surface area contributed by atoms with Crippen LogP contribution in [0.1, 0.15) is 37.0 Å². The van der Waals surface area contributed by atoms with E-state index in [1.54, 1.807) is 6.07 Å². The average Bonchev–Trinajstić information content (AvgIpc) is 3.13. The molecule has 12 heteroatoms. The molecule has 0 aliphatic carbocycles. The van der Waals surface area contributed by atoms with Gasteiger partial charge >= 0.3 is 18.6 Å². The average molecular weight is 512 g/mol. The number of nitrogens with one attached hydrogen (secondary N) is 2. The number of likely N-dealkylation sites (N-methyl/N-ethyl adjacent to an activating group) is 1. The van der Waals surface area contributed by atoms with Crippen LogP contribution in [0.15, 0.2) is 18.2 Å². The molecule has 1 aromatic rings. The van der Waals surface area contributed by atoms with Gasteiger partial charge in [-0.05, 0) is 36.4 Å². The number of ketones is 1. The Morgan fingerprint density at radius 2 is 1.79 bits per heavy atom. The van der Waals surface area contributed by atoms with E-state index in [0.29, 0.717) is 24.5 Å². The highest BCUT2D eigenvalue weighted by atomic mass is 35.5. The molecule has 34 heavy (non-hydrogen) atoms. The van der Waals surface area contributed by atoms with Crippen molar-refractivity contribution in [1.82, 2.24) is 10.6 Å². The number of Topliss-reactive ketones (excluding diaryl/α,β-unsaturated/α-hetero) is 1. The Morgan fingerprint density at radius 3 is 2.38 bits per heavy atom. The lowest BCUT2D eigenvalue weighted by molar-refractivity contribution is -0.846. The van der Waals surface area contributed by atoms with Crippen molar-refractivity contribution < 1.29 is 32.9 Å². The lowest BCUT2D eigenvalue weighted by Gasteiger charge is -2.51. The quantitative estimate of drug-likeness (QED) is 0.513. The minimum atomic E-state index is -2.44. The highest BCUT2D eigenvalue weighted by Gasteiger charge is 2.76. The molecule has 0 spiro atoms. The Morgan fingerprint density at radius 1 is 1.18 bits per heavy atom. The van der Waals surface area contributed by atoms with Crippen molar-refractivity contribution in [2.24, 2.45) is 5.92 Å². The van der Waals surface area contributed by atoms with Crippen molar-refractivity contribution in [2.45, 2.75) is 44.6 Å². The van der Waals surface area contributed by atoms with Gasteiger partial charge in [0.05, 0.1) is 30.2 Å². The second kappa shape index (κ2) is 9.15. The summed E-state index contributed by atoms with van der Waals surface area (Å²) >= 11 is 12.0. The van der Waals surface area contributed by atoms with Gasteiger partial charge in [-0.15, -0.1) is 0 Å². The van der Waals surface area contributed by atoms with Gasteiger partial charge in [0.15, 0.2) is 12.1 Å². The monoisotopic (exact) mass is 511 g/mol. The van der Waals surface area contributed by atoms with Crippen LogP contribution in [-0.2, 0) is 23.7 Å². The fourth-order valence-electron chi connectivity index (χ4n) is 5.80. The van der Waals surface area contributed by atoms with Gasteiger partial charge in [0, 0.05) is 12.1 Å². The number of carbonyl (C=O) groups is 4. The van der Waals surface area contributed by atoms with Crippen molar-refractivity contribution in [3.63, 3.8) is 0 Å². The second-order valence-corrected chi connectivity index (χ2v) is 10.8. The molecule has 1 amide bonds. The number of amides is 1. The predicted octanol–water partition coefficient (Wildman–Crippen LogP) is 1.94. The molecular weight excluding hydrogens is 484 g/mol. The predicted molar refractivity (Wildman–Crippen MR) is 126 cm³/mol. The summed E-state index contributed by atoms with van der Waals surface area (Å²) in [5.41, 5.74) is 0.169. The molecule has 3 saturated heterocycles. The molecule has 0 saturated carbocycles. The van der Waals surface area contributed by atoms with Gasteiger partial charge in [0.25, 0.3) is 5.91 Å². The maximum atomic E-state index is 13.0. The van der Waals surface area contributed by atoms with E-state index in [0.717, 1.165) is 0 Å². The third-order valence-electron chi connectivity index (χ3n) is 7.39. The van der Waals surface area contributed by atoms with E-state index in [-0.39, 0.29) is 39.6 Å². The summed E-state index contributed by atoms with van der Waals surface area (Å²) in [5.74, 6) is -1.99. The van der Waals surface area contributed by atoms with Crippen LogP contribution >= 0.6 is 23.2 Å². The zero-order valence-electron chi connectivity index (χ0n) is 19.3. The number of nitrogens with zero attached hydrogens (tertiary/aromatic N) is 1. The minimum absolute atomic E-state index is 0.0109. The first-order valence-corrected chi connectivity index (χ1v) is 12.2. The zero-order chi connectivity index (χ0) is 24.8. The topological polar surface area (TPSA) is 111 Å². The maximum Gasteiger partial charge on any atom is 0.587 e. The van der Waals surface area contributed by atoms with Gasteiger partial charge in [0.2, 0.25) is 0 Å². The Balaban J connectivity index is 1.54. The molecule has 3 heterocycles. The molecule has 0 bridgehead atoms. The molecule has 4 rings (SSSR count). The van der Waals surface area contributed by atoms with Crippen molar-refractivity contribution in [1.29, 1.82) is 0 Å².